The second-order valence-corrected chi connectivity index (χ2v) is 18.1. The molecule has 2 aliphatic rings. The largest absolute Gasteiger partial charge is 0.481 e. The maximum atomic E-state index is 14.5. The normalized spacial score (nSPS) is 24.0. The number of para-hydroxylation sites is 1. The predicted octanol–water partition coefficient (Wildman–Crippen LogP) is -1.23. The molecular weight excluding hydrogens is 819 g/mol. The van der Waals surface area contributed by atoms with E-state index in [1.165, 1.54) is 26.5 Å². The van der Waals surface area contributed by atoms with Crippen LogP contribution in [0.3, 0.4) is 0 Å². The number of unbranched alkanes of at least 4 members (excludes halogenated alkanes) is 1. The molecule has 60 heavy (non-hydrogen) atoms. The van der Waals surface area contributed by atoms with Gasteiger partial charge in [0.15, 0.2) is 11.7 Å². The van der Waals surface area contributed by atoms with Crippen molar-refractivity contribution in [2.75, 3.05) is 31.9 Å². The zero-order chi connectivity index (χ0) is 44.0. The maximum Gasteiger partial charge on any atom is 0.305 e. The fraction of sp³-hybridized carbons (Fsp3) is 0.553. The standard InChI is InChI=1S/C38H55N11O9S2/c1-38(2)32(28(50)18-39)48-35(57)27-11-7-14-49(27)36(58)26(16-21-19-43-23-9-4-3-8-22(21)23)47-34(56)25(17-31(53)54)46-30(52)20-44-33(55)24(10-5-6-13-42-37(40)41)45-29(51)12-15-59-60-38/h3-4,8-9,19,24-27,32,43H,5-7,10-18,20,39H2,1-2H3,(H,44,55)(H,45,51)(H,46,52)(H,47,56)(H,48,57)(H,53,54)(H4,40,41,42)/t24-,25-,26-,27-,32+/m0/s1. The number of hydrogen-bond donors (Lipinski definition) is 10. The van der Waals surface area contributed by atoms with Gasteiger partial charge in [-0.3, -0.25) is 43.3 Å². The van der Waals surface area contributed by atoms with Crippen LogP contribution in [0.2, 0.25) is 0 Å². The van der Waals surface area contributed by atoms with E-state index in [9.17, 15) is 43.5 Å². The Morgan fingerprint density at radius 1 is 0.933 bits per heavy atom. The molecule has 2 saturated heterocycles. The summed E-state index contributed by atoms with van der Waals surface area (Å²) in [5.74, 6) is -6.03. The summed E-state index contributed by atoms with van der Waals surface area (Å²) in [7, 11) is 2.54. The van der Waals surface area contributed by atoms with Crippen LogP contribution in [0.25, 0.3) is 10.9 Å². The molecule has 0 aliphatic carbocycles. The number of amides is 6. The van der Waals surface area contributed by atoms with E-state index in [0.29, 0.717) is 24.8 Å². The van der Waals surface area contributed by atoms with Gasteiger partial charge in [0, 0.05) is 53.5 Å². The van der Waals surface area contributed by atoms with Gasteiger partial charge < -0.3 is 58.8 Å². The van der Waals surface area contributed by atoms with E-state index in [1.807, 2.05) is 18.2 Å². The lowest BCUT2D eigenvalue weighted by molar-refractivity contribution is -0.143. The van der Waals surface area contributed by atoms with E-state index in [1.54, 1.807) is 26.1 Å². The number of carboxylic acids is 1. The third kappa shape index (κ3) is 13.6. The van der Waals surface area contributed by atoms with Crippen molar-refractivity contribution in [3.8, 4) is 0 Å². The molecule has 5 atom stereocenters. The quantitative estimate of drug-likeness (QED) is 0.0547. The summed E-state index contributed by atoms with van der Waals surface area (Å²) in [6.45, 7) is 2.88. The molecule has 2 aromatic rings. The molecule has 3 heterocycles. The summed E-state index contributed by atoms with van der Waals surface area (Å²) in [6.07, 6.45) is 2.46. The Labute approximate surface area is 354 Å². The fourth-order valence-corrected chi connectivity index (χ4v) is 9.64. The summed E-state index contributed by atoms with van der Waals surface area (Å²) in [5.41, 5.74) is 18.0. The molecule has 0 unspecified atom stereocenters. The number of aliphatic imine (C=N–C) groups is 1. The Morgan fingerprint density at radius 3 is 2.38 bits per heavy atom. The van der Waals surface area contributed by atoms with Crippen molar-refractivity contribution in [2.45, 2.75) is 100 Å². The van der Waals surface area contributed by atoms with E-state index in [0.717, 1.165) is 10.9 Å². The van der Waals surface area contributed by atoms with Crippen molar-refractivity contribution in [1.82, 2.24) is 36.5 Å². The van der Waals surface area contributed by atoms with E-state index in [4.69, 9.17) is 17.2 Å². The Balaban J connectivity index is 1.67. The number of hydrogen-bond acceptors (Lipinski definition) is 12. The number of nitrogens with two attached hydrogens (primary N) is 3. The van der Waals surface area contributed by atoms with Crippen LogP contribution in [0.5, 0.6) is 0 Å². The van der Waals surface area contributed by atoms with Gasteiger partial charge in [-0.1, -0.05) is 39.8 Å². The van der Waals surface area contributed by atoms with Gasteiger partial charge in [-0.05, 0) is 57.6 Å². The van der Waals surface area contributed by atoms with E-state index in [-0.39, 0.29) is 57.0 Å². The lowest BCUT2D eigenvalue weighted by Gasteiger charge is -2.35. The molecule has 4 rings (SSSR count). The topological polar surface area (TPSA) is 326 Å². The summed E-state index contributed by atoms with van der Waals surface area (Å²) >= 11 is 0. The molecule has 13 N–H and O–H groups in total. The minimum atomic E-state index is -1.68. The van der Waals surface area contributed by atoms with E-state index >= 15 is 0 Å². The van der Waals surface area contributed by atoms with Crippen LogP contribution >= 0.6 is 21.6 Å². The Bertz CT molecular complexity index is 1940. The zero-order valence-electron chi connectivity index (χ0n) is 33.6. The molecule has 2 fully saturated rings. The first-order valence-corrected chi connectivity index (χ1v) is 22.0. The SMILES string of the molecule is CC1(C)SSCCC(=O)N[C@@H](CCCCN=C(N)N)C(=O)NCC(=O)N[C@@H](CC(=O)O)C(=O)N[C@@H](Cc2c[nH]c3ccccc23)C(=O)N2CCC[C@H]2C(=O)N[C@@H]1C(=O)CN. The third-order valence-electron chi connectivity index (χ3n) is 10.0. The van der Waals surface area contributed by atoms with Gasteiger partial charge >= 0.3 is 5.97 Å². The second-order valence-electron chi connectivity index (χ2n) is 15.0. The molecule has 1 aromatic carbocycles. The highest BCUT2D eigenvalue weighted by atomic mass is 33.1. The minimum absolute atomic E-state index is 0.0291. The molecule has 6 amide bonds. The van der Waals surface area contributed by atoms with Gasteiger partial charge in [-0.2, -0.15) is 0 Å². The molecule has 0 saturated carbocycles. The number of carbonyl (C=O) groups is 8. The Morgan fingerprint density at radius 2 is 1.67 bits per heavy atom. The van der Waals surface area contributed by atoms with Gasteiger partial charge in [0.2, 0.25) is 35.4 Å². The number of carboxylic acid groups (broad SMARTS) is 1. The van der Waals surface area contributed by atoms with Crippen molar-refractivity contribution in [1.29, 1.82) is 0 Å². The Kier molecular flexibility index (Phi) is 17.6. The van der Waals surface area contributed by atoms with Crippen LogP contribution in [0.15, 0.2) is 35.5 Å². The van der Waals surface area contributed by atoms with E-state index < -0.39 is 95.1 Å². The average Bonchev–Trinajstić information content (AvgIpc) is 3.86. The van der Waals surface area contributed by atoms with Gasteiger partial charge in [-0.25, -0.2) is 0 Å². The number of H-pyrrole nitrogens is 1. The lowest BCUT2D eigenvalue weighted by atomic mass is 9.97. The maximum absolute atomic E-state index is 14.5. The minimum Gasteiger partial charge on any atom is -0.481 e. The molecule has 0 radical (unpaired) electrons. The molecule has 1 aromatic heterocycles. The zero-order valence-corrected chi connectivity index (χ0v) is 35.3. The third-order valence-corrected chi connectivity index (χ3v) is 13.3. The van der Waals surface area contributed by atoms with E-state index in [2.05, 4.69) is 36.6 Å². The summed E-state index contributed by atoms with van der Waals surface area (Å²) in [4.78, 5) is 116. The molecule has 328 valence electrons. The highest BCUT2D eigenvalue weighted by molar-refractivity contribution is 8.77. The molecule has 20 nitrogen and oxygen atoms in total. The number of rotatable bonds is 11. The first-order chi connectivity index (χ1) is 28.5. The number of ketones is 1. The first-order valence-electron chi connectivity index (χ1n) is 19.6. The predicted molar refractivity (Wildman–Crippen MR) is 227 cm³/mol. The van der Waals surface area contributed by atoms with Crippen molar-refractivity contribution >= 4 is 85.6 Å². The number of nitrogens with one attached hydrogen (secondary N) is 6. The average molecular weight is 874 g/mol. The second kappa shape index (κ2) is 22.3. The fourth-order valence-electron chi connectivity index (χ4n) is 6.99. The number of aromatic amines is 1. The van der Waals surface area contributed by atoms with Crippen LogP contribution in [0.4, 0.5) is 0 Å². The van der Waals surface area contributed by atoms with Gasteiger partial charge in [0.05, 0.1) is 19.5 Å². The van der Waals surface area contributed by atoms with Crippen molar-refractivity contribution in [2.24, 2.45) is 22.2 Å². The number of guanidine groups is 1. The van der Waals surface area contributed by atoms with Crippen molar-refractivity contribution in [3.63, 3.8) is 0 Å². The number of nitrogens with zero attached hydrogens (tertiary/aromatic N) is 2. The van der Waals surface area contributed by atoms with Crippen LogP contribution < -0.4 is 43.8 Å². The van der Waals surface area contributed by atoms with Crippen LogP contribution in [-0.2, 0) is 44.8 Å². The van der Waals surface area contributed by atoms with Gasteiger partial charge in [-0.15, -0.1) is 0 Å². The highest BCUT2D eigenvalue weighted by Gasteiger charge is 2.43. The highest BCUT2D eigenvalue weighted by Crippen LogP contribution is 2.39. The number of carbonyl (C=O) groups excluding carboxylic acids is 7. The number of benzene rings is 1. The van der Waals surface area contributed by atoms with Crippen molar-refractivity contribution < 1.29 is 43.5 Å². The number of Topliss-reactive ketones (excluding diaryl/α,β-unsaturated/α-hetero) is 1. The lowest BCUT2D eigenvalue weighted by Crippen LogP contribution is -2.60. The Hall–Kier alpha value is -5.35. The smallest absolute Gasteiger partial charge is 0.305 e. The summed E-state index contributed by atoms with van der Waals surface area (Å²) < 4.78 is -0.946. The monoisotopic (exact) mass is 873 g/mol. The summed E-state index contributed by atoms with van der Waals surface area (Å²) in [6, 6.07) is 1.08. The number of aliphatic carboxylic acids is 1. The van der Waals surface area contributed by atoms with Crippen LogP contribution in [-0.4, -0.2) is 135 Å². The number of fused-ring (bicyclic) bond motifs is 2. The van der Waals surface area contributed by atoms with Crippen LogP contribution in [0.1, 0.15) is 64.4 Å². The molecule has 0 bridgehead atoms. The summed E-state index contributed by atoms with van der Waals surface area (Å²) in [5, 5.41) is 23.4. The van der Waals surface area contributed by atoms with Gasteiger partial charge in [0.25, 0.3) is 0 Å². The number of aromatic nitrogens is 1. The van der Waals surface area contributed by atoms with Crippen molar-refractivity contribution in [3.05, 3.63) is 36.0 Å². The molecule has 22 heteroatoms. The molecule has 0 spiro atoms. The molecule has 2 aliphatic heterocycles. The van der Waals surface area contributed by atoms with Crippen LogP contribution in [0, 0.1) is 0 Å². The first kappa shape index (κ1) is 47.3. The molecular formula is C38H55N11O9S2. The van der Waals surface area contributed by atoms with Gasteiger partial charge in [0.1, 0.15) is 30.2 Å².